The molecule has 1 aliphatic heterocycles. The first-order valence-corrected chi connectivity index (χ1v) is 5.93. The second kappa shape index (κ2) is 5.19. The molecule has 1 unspecified atom stereocenters. The molecule has 0 aromatic heterocycles. The van der Waals surface area contributed by atoms with Gasteiger partial charge in [0.2, 0.25) is 11.8 Å². The fourth-order valence-corrected chi connectivity index (χ4v) is 2.25. The van der Waals surface area contributed by atoms with Gasteiger partial charge in [-0.2, -0.15) is 0 Å². The molecule has 2 rings (SSSR count). The van der Waals surface area contributed by atoms with E-state index in [2.05, 4.69) is 0 Å². The van der Waals surface area contributed by atoms with Crippen LogP contribution in [-0.2, 0) is 9.59 Å². The lowest BCUT2D eigenvalue weighted by Gasteiger charge is -2.18. The molecule has 1 saturated heterocycles. The van der Waals surface area contributed by atoms with Gasteiger partial charge in [-0.1, -0.05) is 6.07 Å². The van der Waals surface area contributed by atoms with E-state index in [0.717, 1.165) is 17.0 Å². The van der Waals surface area contributed by atoms with Gasteiger partial charge in [0.1, 0.15) is 5.69 Å². The largest absolute Gasteiger partial charge is 0.478 e. The Balaban J connectivity index is 2.57. The summed E-state index contributed by atoms with van der Waals surface area (Å²) >= 11 is 0. The maximum absolute atomic E-state index is 11.9. The number of anilines is 1. The molecular formula is C12H11N3O6. The Hall–Kier alpha value is -2.97. The summed E-state index contributed by atoms with van der Waals surface area (Å²) < 4.78 is 0. The van der Waals surface area contributed by atoms with Gasteiger partial charge < -0.3 is 15.7 Å². The van der Waals surface area contributed by atoms with Crippen LogP contribution in [0.15, 0.2) is 18.2 Å². The van der Waals surface area contributed by atoms with E-state index >= 15 is 0 Å². The minimum absolute atomic E-state index is 0.167. The number of carboxylic acid groups (broad SMARTS) is 1. The number of carboxylic acids is 1. The molecule has 0 aliphatic carbocycles. The molecule has 1 fully saturated rings. The first kappa shape index (κ1) is 14.4. The smallest absolute Gasteiger partial charge is 0.338 e. The zero-order valence-electron chi connectivity index (χ0n) is 10.7. The minimum Gasteiger partial charge on any atom is -0.478 e. The van der Waals surface area contributed by atoms with Crippen LogP contribution in [0.1, 0.15) is 16.8 Å². The molecule has 110 valence electrons. The number of rotatable bonds is 4. The maximum atomic E-state index is 11.9. The molecule has 2 amide bonds. The number of nitro benzene ring substituents is 1. The van der Waals surface area contributed by atoms with Crippen molar-refractivity contribution in [3.8, 4) is 0 Å². The number of nitro groups is 1. The molecule has 1 aromatic rings. The highest BCUT2D eigenvalue weighted by Crippen LogP contribution is 2.36. The Morgan fingerprint density at radius 3 is 2.57 bits per heavy atom. The quantitative estimate of drug-likeness (QED) is 0.596. The summed E-state index contributed by atoms with van der Waals surface area (Å²) in [7, 11) is 0. The van der Waals surface area contributed by atoms with Crippen LogP contribution in [0, 0.1) is 16.0 Å². The number of amides is 2. The van der Waals surface area contributed by atoms with E-state index in [-0.39, 0.29) is 24.2 Å². The normalized spacial score (nSPS) is 17.8. The lowest BCUT2D eigenvalue weighted by atomic mass is 10.1. The van der Waals surface area contributed by atoms with Crippen LogP contribution >= 0.6 is 0 Å². The number of benzene rings is 1. The number of primary amides is 1. The molecule has 9 nitrogen and oxygen atoms in total. The zero-order chi connectivity index (χ0) is 15.7. The molecule has 1 atom stereocenters. The number of carbonyl (C=O) groups excluding carboxylic acids is 2. The van der Waals surface area contributed by atoms with Crippen LogP contribution in [0.3, 0.4) is 0 Å². The van der Waals surface area contributed by atoms with Crippen molar-refractivity contribution in [2.45, 2.75) is 6.42 Å². The topological polar surface area (TPSA) is 144 Å². The van der Waals surface area contributed by atoms with Gasteiger partial charge in [-0.15, -0.1) is 0 Å². The highest BCUT2D eigenvalue weighted by atomic mass is 16.6. The lowest BCUT2D eigenvalue weighted by Crippen LogP contribution is -2.30. The molecule has 1 aromatic carbocycles. The standard InChI is InChI=1S/C12H11N3O6/c13-11(17)6-4-9(16)14(5-6)10-7(12(18)19)2-1-3-8(10)15(20)21/h1-3,6H,4-5H2,(H2,13,17)(H,18,19). The monoisotopic (exact) mass is 293 g/mol. The summed E-state index contributed by atoms with van der Waals surface area (Å²) in [5, 5.41) is 20.2. The van der Waals surface area contributed by atoms with E-state index in [1.54, 1.807) is 0 Å². The van der Waals surface area contributed by atoms with Gasteiger partial charge in [-0.25, -0.2) is 4.79 Å². The van der Waals surface area contributed by atoms with E-state index < -0.39 is 34.3 Å². The number of aromatic carboxylic acids is 1. The molecule has 0 saturated carbocycles. The third kappa shape index (κ3) is 2.53. The van der Waals surface area contributed by atoms with Crippen LogP contribution in [0.25, 0.3) is 0 Å². The Morgan fingerprint density at radius 1 is 1.43 bits per heavy atom. The van der Waals surface area contributed by atoms with Crippen molar-refractivity contribution >= 4 is 29.2 Å². The zero-order valence-corrected chi connectivity index (χ0v) is 10.7. The van der Waals surface area contributed by atoms with E-state index in [9.17, 15) is 24.5 Å². The summed E-state index contributed by atoms with van der Waals surface area (Å²) in [5.74, 6) is -3.47. The first-order chi connectivity index (χ1) is 9.82. The van der Waals surface area contributed by atoms with Gasteiger partial charge >= 0.3 is 5.97 Å². The highest BCUT2D eigenvalue weighted by Gasteiger charge is 2.39. The van der Waals surface area contributed by atoms with Crippen molar-refractivity contribution < 1.29 is 24.4 Å². The van der Waals surface area contributed by atoms with Gasteiger partial charge in [0.05, 0.1) is 16.4 Å². The van der Waals surface area contributed by atoms with Gasteiger partial charge in [0.25, 0.3) is 5.69 Å². The first-order valence-electron chi connectivity index (χ1n) is 5.93. The van der Waals surface area contributed by atoms with E-state index in [0.29, 0.717) is 0 Å². The average molecular weight is 293 g/mol. The van der Waals surface area contributed by atoms with Crippen LogP contribution in [-0.4, -0.2) is 34.4 Å². The Labute approximate surface area is 118 Å². The van der Waals surface area contributed by atoms with Gasteiger partial charge in [0, 0.05) is 19.0 Å². The lowest BCUT2D eigenvalue weighted by molar-refractivity contribution is -0.384. The Kier molecular flexibility index (Phi) is 3.57. The summed E-state index contributed by atoms with van der Waals surface area (Å²) in [6, 6.07) is 3.49. The highest BCUT2D eigenvalue weighted by molar-refractivity contribution is 6.07. The Bertz CT molecular complexity index is 624. The average Bonchev–Trinajstić information content (AvgIpc) is 2.79. The van der Waals surface area contributed by atoms with Gasteiger partial charge in [0.15, 0.2) is 0 Å². The second-order valence-electron chi connectivity index (χ2n) is 4.54. The van der Waals surface area contributed by atoms with Crippen LogP contribution < -0.4 is 10.6 Å². The number of hydrogen-bond donors (Lipinski definition) is 2. The van der Waals surface area contributed by atoms with Crippen LogP contribution in [0.2, 0.25) is 0 Å². The third-order valence-corrected chi connectivity index (χ3v) is 3.24. The predicted molar refractivity (Wildman–Crippen MR) is 69.7 cm³/mol. The number of hydrogen-bond acceptors (Lipinski definition) is 5. The van der Waals surface area contributed by atoms with Crippen molar-refractivity contribution in [2.24, 2.45) is 11.7 Å². The molecule has 0 spiro atoms. The summed E-state index contributed by atoms with van der Waals surface area (Å²) in [4.78, 5) is 45.5. The predicted octanol–water partition coefficient (Wildman–Crippen LogP) is 0.131. The second-order valence-corrected chi connectivity index (χ2v) is 4.54. The van der Waals surface area contributed by atoms with E-state index in [1.165, 1.54) is 6.07 Å². The molecule has 1 aliphatic rings. The molecule has 0 bridgehead atoms. The van der Waals surface area contributed by atoms with Crippen molar-refractivity contribution in [1.29, 1.82) is 0 Å². The van der Waals surface area contributed by atoms with E-state index in [1.807, 2.05) is 0 Å². The van der Waals surface area contributed by atoms with Gasteiger partial charge in [-0.3, -0.25) is 19.7 Å². The van der Waals surface area contributed by atoms with Crippen LogP contribution in [0.5, 0.6) is 0 Å². The van der Waals surface area contributed by atoms with Crippen molar-refractivity contribution in [3.63, 3.8) is 0 Å². The van der Waals surface area contributed by atoms with Crippen molar-refractivity contribution in [1.82, 2.24) is 0 Å². The fourth-order valence-electron chi connectivity index (χ4n) is 2.25. The van der Waals surface area contributed by atoms with Crippen molar-refractivity contribution in [2.75, 3.05) is 11.4 Å². The number of carbonyl (C=O) groups is 3. The number of nitrogens with two attached hydrogens (primary N) is 1. The maximum Gasteiger partial charge on any atom is 0.338 e. The summed E-state index contributed by atoms with van der Waals surface area (Å²) in [5.41, 5.74) is 3.93. The van der Waals surface area contributed by atoms with Gasteiger partial charge in [-0.05, 0) is 6.07 Å². The molecule has 9 heteroatoms. The molecule has 1 heterocycles. The molecular weight excluding hydrogens is 282 g/mol. The minimum atomic E-state index is -1.40. The molecule has 21 heavy (non-hydrogen) atoms. The van der Waals surface area contributed by atoms with E-state index in [4.69, 9.17) is 10.8 Å². The Morgan fingerprint density at radius 2 is 2.10 bits per heavy atom. The number of para-hydroxylation sites is 1. The third-order valence-electron chi connectivity index (χ3n) is 3.24. The van der Waals surface area contributed by atoms with Crippen molar-refractivity contribution in [3.05, 3.63) is 33.9 Å². The molecule has 0 radical (unpaired) electrons. The van der Waals surface area contributed by atoms with Crippen LogP contribution in [0.4, 0.5) is 11.4 Å². The summed E-state index contributed by atoms with van der Waals surface area (Å²) in [6.07, 6.45) is -0.194. The molecule has 3 N–H and O–H groups in total. The number of nitrogens with zero attached hydrogens (tertiary/aromatic N) is 2. The summed E-state index contributed by atoms with van der Waals surface area (Å²) in [6.45, 7) is -0.167. The fraction of sp³-hybridized carbons (Fsp3) is 0.250. The SMILES string of the molecule is NC(=O)C1CC(=O)N(c2c(C(=O)O)cccc2[N+](=O)[O-])C1.